The molecule has 0 radical (unpaired) electrons. The van der Waals surface area contributed by atoms with Crippen molar-refractivity contribution in [3.8, 4) is 5.75 Å². The maximum Gasteiger partial charge on any atom is 0.313 e. The van der Waals surface area contributed by atoms with E-state index >= 15 is 0 Å². The van der Waals surface area contributed by atoms with Crippen LogP contribution < -0.4 is 16.4 Å². The zero-order valence-electron chi connectivity index (χ0n) is 22.5. The molecular weight excluding hydrogens is 564 g/mol. The van der Waals surface area contributed by atoms with Gasteiger partial charge in [0.1, 0.15) is 29.2 Å². The number of hydrogen-bond donors (Lipinski definition) is 4. The molecule has 0 saturated carbocycles. The lowest BCUT2D eigenvalue weighted by Crippen LogP contribution is -2.68. The molecule has 3 heterocycles. The van der Waals surface area contributed by atoms with Crippen LogP contribution in [0.1, 0.15) is 58.1 Å². The first kappa shape index (κ1) is 29.6. The van der Waals surface area contributed by atoms with Gasteiger partial charge in [-0.25, -0.2) is 0 Å². The van der Waals surface area contributed by atoms with Crippen molar-refractivity contribution in [1.29, 1.82) is 0 Å². The fourth-order valence-corrected chi connectivity index (χ4v) is 6.20. The molecule has 5 N–H and O–H groups in total. The number of aromatic hydroxyl groups is 1. The number of benzene rings is 1. The van der Waals surface area contributed by atoms with Crippen molar-refractivity contribution in [3.05, 3.63) is 34.6 Å². The summed E-state index contributed by atoms with van der Waals surface area (Å²) < 4.78 is 4.69. The average molecular weight is 595 g/mol. The van der Waals surface area contributed by atoms with E-state index in [4.69, 9.17) is 22.1 Å². The third-order valence-electron chi connectivity index (χ3n) is 6.43. The minimum atomic E-state index is -1.21. The van der Waals surface area contributed by atoms with Gasteiger partial charge in [-0.15, -0.1) is 26.8 Å². The summed E-state index contributed by atoms with van der Waals surface area (Å²) in [6.45, 7) is 8.46. The Bertz CT molecular complexity index is 1340. The molecule has 2 fully saturated rings. The van der Waals surface area contributed by atoms with Crippen LogP contribution in [0.5, 0.6) is 5.75 Å². The quantitative estimate of drug-likeness (QED) is 0.247. The smallest absolute Gasteiger partial charge is 0.313 e. The largest absolute Gasteiger partial charge is 0.506 e. The number of halogens is 1. The van der Waals surface area contributed by atoms with E-state index in [0.29, 0.717) is 5.56 Å². The molecule has 2 saturated heterocycles. The summed E-state index contributed by atoms with van der Waals surface area (Å²) in [6, 6.07) is 1.45. The number of esters is 1. The Hall–Kier alpha value is -3.43. The van der Waals surface area contributed by atoms with Crippen molar-refractivity contribution in [1.82, 2.24) is 35.7 Å². The zero-order chi connectivity index (χ0) is 29.6. The molecule has 0 spiro atoms. The van der Waals surface area contributed by atoms with Gasteiger partial charge >= 0.3 is 5.97 Å². The van der Waals surface area contributed by atoms with E-state index in [0.717, 1.165) is 4.80 Å². The van der Waals surface area contributed by atoms with Crippen molar-refractivity contribution in [2.75, 3.05) is 6.54 Å². The van der Waals surface area contributed by atoms with Gasteiger partial charge in [0, 0.05) is 4.75 Å². The second kappa shape index (κ2) is 10.9. The number of thioether (sulfide) groups is 1. The zero-order valence-corrected chi connectivity index (χ0v) is 24.1. The topological polar surface area (TPSA) is 195 Å². The molecule has 2 aliphatic heterocycles. The van der Waals surface area contributed by atoms with E-state index < -0.39 is 51.4 Å². The second-order valence-electron chi connectivity index (χ2n) is 11.0. The molecule has 3 amide bonds. The molecule has 16 heteroatoms. The van der Waals surface area contributed by atoms with Gasteiger partial charge in [-0.3, -0.25) is 19.2 Å². The number of nitrogens with two attached hydrogens (primary N) is 1. The van der Waals surface area contributed by atoms with Crippen LogP contribution in [0.2, 0.25) is 5.02 Å². The third-order valence-corrected chi connectivity index (χ3v) is 8.31. The van der Waals surface area contributed by atoms with Gasteiger partial charge < -0.3 is 31.1 Å². The molecule has 4 atom stereocenters. The highest BCUT2D eigenvalue weighted by Crippen LogP contribution is 2.56. The van der Waals surface area contributed by atoms with Crippen molar-refractivity contribution < 1.29 is 29.0 Å². The van der Waals surface area contributed by atoms with E-state index in [1.54, 1.807) is 25.7 Å². The van der Waals surface area contributed by atoms with E-state index in [1.807, 2.05) is 13.8 Å². The molecule has 40 heavy (non-hydrogen) atoms. The van der Waals surface area contributed by atoms with Crippen LogP contribution in [0.3, 0.4) is 0 Å². The maximum absolute atomic E-state index is 13.3. The Morgan fingerprint density at radius 3 is 2.62 bits per heavy atom. The van der Waals surface area contributed by atoms with E-state index in [2.05, 4.69) is 26.0 Å². The number of phenolic OH excluding ortho intramolecular Hbond substituents is 1. The monoisotopic (exact) mass is 594 g/mol. The molecule has 2 aromatic rings. The van der Waals surface area contributed by atoms with Crippen LogP contribution in [0.4, 0.5) is 0 Å². The van der Waals surface area contributed by atoms with Crippen LogP contribution in [0.25, 0.3) is 0 Å². The summed E-state index contributed by atoms with van der Waals surface area (Å²) in [7, 11) is 0. The highest BCUT2D eigenvalue weighted by molar-refractivity contribution is 8.01. The minimum absolute atomic E-state index is 0.00662. The fourth-order valence-electron chi connectivity index (χ4n) is 4.38. The van der Waals surface area contributed by atoms with Crippen LogP contribution in [0, 0.1) is 5.41 Å². The number of aromatic nitrogens is 4. The van der Waals surface area contributed by atoms with Crippen LogP contribution >= 0.6 is 23.4 Å². The number of β-lactam (4-membered cyclic amide) rings is 1. The van der Waals surface area contributed by atoms with Gasteiger partial charge in [0.2, 0.25) is 24.5 Å². The Morgan fingerprint density at radius 1 is 1.30 bits per heavy atom. The minimum Gasteiger partial charge on any atom is -0.506 e. The van der Waals surface area contributed by atoms with E-state index in [1.165, 1.54) is 30.0 Å². The lowest BCUT2D eigenvalue weighted by atomic mass is 9.95. The molecule has 0 aliphatic carbocycles. The van der Waals surface area contributed by atoms with Crippen LogP contribution in [-0.4, -0.2) is 76.6 Å². The molecule has 216 valence electrons. The predicted molar refractivity (Wildman–Crippen MR) is 143 cm³/mol. The number of amides is 3. The summed E-state index contributed by atoms with van der Waals surface area (Å²) in [5.41, 5.74) is 5.03. The van der Waals surface area contributed by atoms with Crippen LogP contribution in [-0.2, 0) is 30.6 Å². The molecule has 4 rings (SSSR count). The van der Waals surface area contributed by atoms with Gasteiger partial charge in [-0.05, 0) is 57.5 Å². The number of fused-ring (bicyclic) bond motifs is 1. The molecule has 0 bridgehead atoms. The first-order valence-corrected chi connectivity index (χ1v) is 13.6. The number of carbonyl (C=O) groups is 4. The summed E-state index contributed by atoms with van der Waals surface area (Å²) in [4.78, 5) is 53.5. The summed E-state index contributed by atoms with van der Waals surface area (Å²) in [5, 5.41) is 27.0. The summed E-state index contributed by atoms with van der Waals surface area (Å²) in [5.74, 6) is -1.93. The molecular formula is C24H31ClN8O6S. The van der Waals surface area contributed by atoms with Gasteiger partial charge in [0.15, 0.2) is 5.82 Å². The molecule has 2 aliphatic rings. The number of phenols is 1. The highest BCUT2D eigenvalue weighted by Gasteiger charge is 2.63. The predicted octanol–water partition coefficient (Wildman–Crippen LogP) is 0.615. The lowest BCUT2D eigenvalue weighted by molar-refractivity contribution is -0.158. The van der Waals surface area contributed by atoms with Crippen molar-refractivity contribution in [2.45, 2.75) is 69.6 Å². The second-order valence-corrected chi connectivity index (χ2v) is 13.2. The van der Waals surface area contributed by atoms with Crippen molar-refractivity contribution >= 4 is 47.1 Å². The average Bonchev–Trinajstić information content (AvgIpc) is 3.44. The SMILES string of the molecule is CC(C)(C)C(=O)OCn1nnc(C2N3C(=O)C(NC(=O)C(NC(=O)CN)c4ccc(O)c(Cl)c4)C3SC2(C)C)n1. The normalized spacial score (nSPS) is 22.2. The Kier molecular flexibility index (Phi) is 8.02. The van der Waals surface area contributed by atoms with Crippen molar-refractivity contribution in [2.24, 2.45) is 11.1 Å². The van der Waals surface area contributed by atoms with Gasteiger partial charge in [-0.1, -0.05) is 17.7 Å². The molecule has 1 aromatic heterocycles. The van der Waals surface area contributed by atoms with Gasteiger partial charge in [0.05, 0.1) is 17.0 Å². The maximum atomic E-state index is 13.3. The lowest BCUT2D eigenvalue weighted by Gasteiger charge is -2.44. The molecule has 4 unspecified atom stereocenters. The van der Waals surface area contributed by atoms with E-state index in [9.17, 15) is 24.3 Å². The first-order valence-electron chi connectivity index (χ1n) is 12.4. The Labute approximate surface area is 239 Å². The highest BCUT2D eigenvalue weighted by atomic mass is 35.5. The number of nitrogens with zero attached hydrogens (tertiary/aromatic N) is 5. The number of rotatable bonds is 8. The number of carbonyl (C=O) groups excluding carboxylic acids is 4. The van der Waals surface area contributed by atoms with Gasteiger partial charge in [0.25, 0.3) is 0 Å². The summed E-state index contributed by atoms with van der Waals surface area (Å²) in [6.07, 6.45) is 0. The first-order chi connectivity index (χ1) is 18.6. The Balaban J connectivity index is 1.49. The number of ether oxygens (including phenoxy) is 1. The molecule has 14 nitrogen and oxygen atoms in total. The van der Waals surface area contributed by atoms with Crippen molar-refractivity contribution in [3.63, 3.8) is 0 Å². The van der Waals surface area contributed by atoms with Gasteiger partial charge in [-0.2, -0.15) is 0 Å². The standard InChI is InChI=1S/C24H31ClN8O6S/c1-23(2,3)22(38)39-10-32-30-18(29-31-32)17-24(4,5)40-21-16(20(37)33(17)21)28-19(36)15(27-14(35)9-26)11-6-7-13(34)12(25)8-11/h6-8,15-17,21,34H,9-10,26H2,1-5H3,(H,27,35)(H,28,36). The fraction of sp³-hybridized carbons (Fsp3) is 0.542. The van der Waals surface area contributed by atoms with E-state index in [-0.39, 0.29) is 35.8 Å². The molecule has 1 aromatic carbocycles. The third kappa shape index (κ3) is 5.71. The summed E-state index contributed by atoms with van der Waals surface area (Å²) >= 11 is 7.47. The number of nitrogens with one attached hydrogen (secondary N) is 2. The number of hydrogen-bond acceptors (Lipinski definition) is 11. The Morgan fingerprint density at radius 2 is 2.00 bits per heavy atom. The number of tetrazole rings is 1. The van der Waals surface area contributed by atoms with Crippen LogP contribution in [0.15, 0.2) is 18.2 Å².